The fraction of sp³-hybridized carbons (Fsp3) is 0.667. The van der Waals surface area contributed by atoms with Crippen molar-refractivity contribution in [1.82, 2.24) is 0 Å². The molecule has 1 aliphatic rings. The van der Waals surface area contributed by atoms with E-state index in [1.807, 2.05) is 0 Å². The fourth-order valence-electron chi connectivity index (χ4n) is 0.0680. The zero-order chi connectivity index (χ0) is 2.99. The normalized spacial score (nSPS) is 31.8. The van der Waals surface area contributed by atoms with Crippen molar-refractivity contribution in [2.75, 3.05) is 6.61 Å². The van der Waals surface area contributed by atoms with Crippen LogP contribution in [0.3, 0.4) is 0 Å². The first-order valence-corrected chi connectivity index (χ1v) is 1.34. The summed E-state index contributed by atoms with van der Waals surface area (Å²) in [6, 6.07) is 0. The fourth-order valence-corrected chi connectivity index (χ4v) is 0.0680. The van der Waals surface area contributed by atoms with Crippen molar-refractivity contribution >= 4 is 27.3 Å². The van der Waals surface area contributed by atoms with E-state index in [2.05, 4.69) is 11.7 Å². The van der Waals surface area contributed by atoms with Crippen LogP contribution >= 0.6 is 0 Å². The van der Waals surface area contributed by atoms with Gasteiger partial charge in [0.15, 0.2) is 0 Å². The molecule has 0 aromatic rings. The number of rotatable bonds is 0. The molecule has 0 N–H and O–H groups in total. The molecule has 2 heteroatoms. The minimum absolute atomic E-state index is 0. The average molecular weight is 266 g/mol. The molecule has 1 rings (SSSR count). The van der Waals surface area contributed by atoms with E-state index in [1.54, 1.807) is 0 Å². The molecule has 1 fully saturated rings. The Morgan fingerprint density at radius 3 is 2.00 bits per heavy atom. The third-order valence-electron chi connectivity index (χ3n) is 0.402. The summed E-state index contributed by atoms with van der Waals surface area (Å²) in [5.74, 6) is 0. The Kier molecular flexibility index (Phi) is 2.50. The van der Waals surface area contributed by atoms with Crippen molar-refractivity contribution in [3.63, 3.8) is 0 Å². The molecular formula is C3H7OPb. The average Bonchev–Trinajstić information content (AvgIpc) is 1.75. The van der Waals surface area contributed by atoms with E-state index in [1.165, 1.54) is 0 Å². The second kappa shape index (κ2) is 2.13. The van der Waals surface area contributed by atoms with Crippen LogP contribution in [0.25, 0.3) is 0 Å². The third-order valence-corrected chi connectivity index (χ3v) is 0.402. The van der Waals surface area contributed by atoms with Crippen LogP contribution in [0.5, 0.6) is 0 Å². The maximum atomic E-state index is 4.60. The Morgan fingerprint density at radius 2 is 2.00 bits per heavy atom. The van der Waals surface area contributed by atoms with Gasteiger partial charge in [-0.3, -0.25) is 0 Å². The van der Waals surface area contributed by atoms with Gasteiger partial charge in [0.2, 0.25) is 0 Å². The van der Waals surface area contributed by atoms with E-state index in [0.29, 0.717) is 6.10 Å². The van der Waals surface area contributed by atoms with Crippen LogP contribution in [0, 0.1) is 6.92 Å². The third kappa shape index (κ3) is 2.69. The Labute approximate surface area is 51.9 Å². The molecule has 5 heavy (non-hydrogen) atoms. The van der Waals surface area contributed by atoms with Crippen molar-refractivity contribution in [2.45, 2.75) is 6.10 Å². The molecule has 0 amide bonds. The van der Waals surface area contributed by atoms with Crippen molar-refractivity contribution in [1.29, 1.82) is 0 Å². The van der Waals surface area contributed by atoms with Crippen molar-refractivity contribution < 1.29 is 4.74 Å². The zero-order valence-corrected chi connectivity index (χ0v) is 8.60. The summed E-state index contributed by atoms with van der Waals surface area (Å²) in [7, 11) is 0. The number of ether oxygens (including phenoxy) is 1. The van der Waals surface area contributed by atoms with Crippen LogP contribution in [-0.2, 0) is 4.74 Å². The van der Waals surface area contributed by atoms with Gasteiger partial charge in [-0.25, -0.2) is 0 Å². The van der Waals surface area contributed by atoms with Gasteiger partial charge in [0, 0.05) is 0 Å². The monoisotopic (exact) mass is 267 g/mol. The summed E-state index contributed by atoms with van der Waals surface area (Å²) in [6.07, 6.45) is 0.333. The summed E-state index contributed by atoms with van der Waals surface area (Å²) in [5.41, 5.74) is 0. The standard InChI is InChI=1S/C3H5O.Pb.2H/c1-3-2-4-3;;;/h3H,1-2H2;;;. The maximum absolute atomic E-state index is 4.60. The molecular weight excluding hydrogens is 259 g/mol. The Bertz CT molecular complexity index is 26.1. The molecule has 29 valence electrons. The SMILES string of the molecule is [CH2]C1CO1.[PbH2]. The van der Waals surface area contributed by atoms with E-state index in [0.717, 1.165) is 6.61 Å². The zero-order valence-electron chi connectivity index (χ0n) is 3.11. The van der Waals surface area contributed by atoms with E-state index < -0.39 is 0 Å². The van der Waals surface area contributed by atoms with Gasteiger partial charge in [0.1, 0.15) is 0 Å². The van der Waals surface area contributed by atoms with Crippen LogP contribution in [0.4, 0.5) is 0 Å². The van der Waals surface area contributed by atoms with E-state index in [9.17, 15) is 0 Å². The molecule has 1 heterocycles. The van der Waals surface area contributed by atoms with E-state index >= 15 is 0 Å². The predicted octanol–water partition coefficient (Wildman–Crippen LogP) is -0.697. The van der Waals surface area contributed by atoms with Gasteiger partial charge in [-0.05, 0) is 6.92 Å². The first-order chi connectivity index (χ1) is 1.89. The van der Waals surface area contributed by atoms with Crippen molar-refractivity contribution in [3.05, 3.63) is 6.92 Å². The van der Waals surface area contributed by atoms with Gasteiger partial charge < -0.3 is 4.74 Å². The molecule has 1 saturated heterocycles. The second-order valence-corrected chi connectivity index (χ2v) is 0.955. The molecule has 3 radical (unpaired) electrons. The number of hydrogen-bond donors (Lipinski definition) is 0. The molecule has 0 aliphatic carbocycles. The Hall–Kier alpha value is 0.882. The van der Waals surface area contributed by atoms with Crippen molar-refractivity contribution in [2.24, 2.45) is 0 Å². The van der Waals surface area contributed by atoms with Crippen LogP contribution in [0.15, 0.2) is 0 Å². The van der Waals surface area contributed by atoms with Gasteiger partial charge in [-0.15, -0.1) is 0 Å². The van der Waals surface area contributed by atoms with E-state index in [4.69, 9.17) is 0 Å². The van der Waals surface area contributed by atoms with Gasteiger partial charge in [0.25, 0.3) is 0 Å². The first kappa shape index (κ1) is 5.88. The first-order valence-electron chi connectivity index (χ1n) is 1.34. The molecule has 1 atom stereocenters. The van der Waals surface area contributed by atoms with Crippen molar-refractivity contribution in [3.8, 4) is 0 Å². The Balaban J connectivity index is 0.000000160. The molecule has 0 spiro atoms. The number of hydrogen-bond acceptors (Lipinski definition) is 1. The van der Waals surface area contributed by atoms with Crippen LogP contribution < -0.4 is 0 Å². The predicted molar refractivity (Wildman–Crippen MR) is 23.6 cm³/mol. The summed E-state index contributed by atoms with van der Waals surface area (Å²) >= 11 is 0. The summed E-state index contributed by atoms with van der Waals surface area (Å²) in [4.78, 5) is 0. The molecule has 0 aromatic carbocycles. The topological polar surface area (TPSA) is 12.5 Å². The summed E-state index contributed by atoms with van der Waals surface area (Å²) in [6.45, 7) is 4.40. The quantitative estimate of drug-likeness (QED) is 0.417. The van der Waals surface area contributed by atoms with Crippen LogP contribution in [0.2, 0.25) is 0 Å². The summed E-state index contributed by atoms with van der Waals surface area (Å²) in [5, 5.41) is 0. The molecule has 0 saturated carbocycles. The minimum atomic E-state index is 0. The summed E-state index contributed by atoms with van der Waals surface area (Å²) < 4.78 is 4.60. The number of epoxide rings is 1. The van der Waals surface area contributed by atoms with Gasteiger partial charge in [-0.1, -0.05) is 0 Å². The van der Waals surface area contributed by atoms with E-state index in [-0.39, 0.29) is 27.3 Å². The molecule has 1 unspecified atom stereocenters. The van der Waals surface area contributed by atoms with Gasteiger partial charge in [-0.2, -0.15) is 0 Å². The Morgan fingerprint density at radius 1 is 1.80 bits per heavy atom. The molecule has 0 aromatic heterocycles. The van der Waals surface area contributed by atoms with Gasteiger partial charge in [0.05, 0.1) is 12.7 Å². The molecule has 1 nitrogen and oxygen atoms in total. The molecule has 0 bridgehead atoms. The van der Waals surface area contributed by atoms with Crippen LogP contribution in [-0.4, -0.2) is 40.0 Å². The molecule has 1 aliphatic heterocycles. The van der Waals surface area contributed by atoms with Gasteiger partial charge >= 0.3 is 27.3 Å². The second-order valence-electron chi connectivity index (χ2n) is 0.955. The van der Waals surface area contributed by atoms with Crippen LogP contribution in [0.1, 0.15) is 0 Å².